The molecule has 0 atom stereocenters. The van der Waals surface area contributed by atoms with Gasteiger partial charge in [0.15, 0.2) is 11.5 Å². The second kappa shape index (κ2) is 11.0. The number of methoxy groups -OCH3 is 2. The normalized spacial score (nSPS) is 14.8. The van der Waals surface area contributed by atoms with Crippen molar-refractivity contribution in [2.24, 2.45) is 0 Å². The lowest BCUT2D eigenvalue weighted by Crippen LogP contribution is -2.31. The van der Waals surface area contributed by atoms with Gasteiger partial charge >= 0.3 is 0 Å². The zero-order valence-electron chi connectivity index (χ0n) is 18.6. The molecule has 1 aliphatic rings. The number of amides is 2. The Bertz CT molecular complexity index is 1030. The van der Waals surface area contributed by atoms with Gasteiger partial charge in [0.25, 0.3) is 11.1 Å². The first kappa shape index (κ1) is 23.6. The van der Waals surface area contributed by atoms with Crippen LogP contribution in [0.4, 0.5) is 4.79 Å². The number of nitrogens with zero attached hydrogens (tertiary/aromatic N) is 1. The number of imide groups is 1. The van der Waals surface area contributed by atoms with Crippen LogP contribution in [0.3, 0.4) is 0 Å². The maximum atomic E-state index is 12.6. The number of hydrogen-bond donors (Lipinski definition) is 0. The Labute approximate surface area is 192 Å². The van der Waals surface area contributed by atoms with Gasteiger partial charge in [0.05, 0.1) is 25.2 Å². The zero-order chi connectivity index (χ0) is 23.1. The third kappa shape index (κ3) is 5.60. The average Bonchev–Trinajstić information content (AvgIpc) is 3.04. The van der Waals surface area contributed by atoms with E-state index in [0.717, 1.165) is 28.5 Å². The highest BCUT2D eigenvalue weighted by atomic mass is 32.2. The van der Waals surface area contributed by atoms with Gasteiger partial charge in [0.1, 0.15) is 6.61 Å². The Morgan fingerprint density at radius 3 is 2.53 bits per heavy atom. The van der Waals surface area contributed by atoms with Crippen molar-refractivity contribution in [1.29, 1.82) is 0 Å². The van der Waals surface area contributed by atoms with Crippen molar-refractivity contribution in [1.82, 2.24) is 4.90 Å². The van der Waals surface area contributed by atoms with Crippen molar-refractivity contribution in [3.05, 3.63) is 76.2 Å². The highest BCUT2D eigenvalue weighted by molar-refractivity contribution is 8.18. The molecule has 0 N–H and O–H groups in total. The fourth-order valence-electron chi connectivity index (χ4n) is 3.26. The predicted octanol–water partition coefficient (Wildman–Crippen LogP) is 4.99. The highest BCUT2D eigenvalue weighted by Gasteiger charge is 2.34. The van der Waals surface area contributed by atoms with Crippen molar-refractivity contribution in [2.75, 3.05) is 27.4 Å². The van der Waals surface area contributed by atoms with Gasteiger partial charge in [-0.05, 0) is 54.4 Å². The monoisotopic (exact) mass is 453 g/mol. The molecule has 2 aromatic rings. The maximum absolute atomic E-state index is 12.6. The van der Waals surface area contributed by atoms with E-state index in [1.165, 1.54) is 17.6 Å². The first-order valence-corrected chi connectivity index (χ1v) is 11.0. The molecule has 0 aliphatic carbocycles. The standard InChI is InChI=1S/C25H27NO5S/c1-5-6-20-13-19(15-22-24(27)26(11-12-29-3)25(28)32-22)14-21(30-4)23(20)31-16-18-9-7-17(2)8-10-18/h5,7-10,13-15H,1,6,11-12,16H2,2-4H3/b22-15+. The average molecular weight is 454 g/mol. The summed E-state index contributed by atoms with van der Waals surface area (Å²) in [5.41, 5.74) is 3.88. The molecular weight excluding hydrogens is 426 g/mol. The summed E-state index contributed by atoms with van der Waals surface area (Å²) in [7, 11) is 3.11. The minimum absolute atomic E-state index is 0.231. The van der Waals surface area contributed by atoms with E-state index >= 15 is 0 Å². The number of carbonyl (C=O) groups excluding carboxylic acids is 2. The second-order valence-corrected chi connectivity index (χ2v) is 8.30. The van der Waals surface area contributed by atoms with Crippen LogP contribution >= 0.6 is 11.8 Å². The molecule has 1 saturated heterocycles. The van der Waals surface area contributed by atoms with Crippen molar-refractivity contribution in [2.45, 2.75) is 20.0 Å². The van der Waals surface area contributed by atoms with Gasteiger partial charge in [0.2, 0.25) is 0 Å². The van der Waals surface area contributed by atoms with Crippen LogP contribution in [0.5, 0.6) is 11.5 Å². The van der Waals surface area contributed by atoms with Crippen LogP contribution in [-0.2, 0) is 22.6 Å². The lowest BCUT2D eigenvalue weighted by Gasteiger charge is -2.16. The summed E-state index contributed by atoms with van der Waals surface area (Å²) in [5.74, 6) is 0.876. The number of rotatable bonds is 10. The Morgan fingerprint density at radius 1 is 1.12 bits per heavy atom. The molecule has 1 fully saturated rings. The quantitative estimate of drug-likeness (QED) is 0.373. The largest absolute Gasteiger partial charge is 0.493 e. The van der Waals surface area contributed by atoms with Gasteiger partial charge in [-0.25, -0.2) is 0 Å². The SMILES string of the molecule is C=CCc1cc(/C=C2/SC(=O)N(CCOC)C2=O)cc(OC)c1OCc1ccc(C)cc1. The van der Waals surface area contributed by atoms with Gasteiger partial charge in [-0.2, -0.15) is 0 Å². The molecule has 7 heteroatoms. The van der Waals surface area contributed by atoms with Crippen molar-refractivity contribution in [3.8, 4) is 11.5 Å². The predicted molar refractivity (Wildman–Crippen MR) is 127 cm³/mol. The fourth-order valence-corrected chi connectivity index (χ4v) is 4.12. The highest BCUT2D eigenvalue weighted by Crippen LogP contribution is 2.37. The first-order chi connectivity index (χ1) is 15.5. The molecule has 0 saturated carbocycles. The van der Waals surface area contributed by atoms with E-state index in [-0.39, 0.29) is 17.7 Å². The minimum Gasteiger partial charge on any atom is -0.493 e. The molecule has 0 aromatic heterocycles. The Balaban J connectivity index is 1.88. The molecule has 32 heavy (non-hydrogen) atoms. The molecule has 2 amide bonds. The van der Waals surface area contributed by atoms with Crippen LogP contribution < -0.4 is 9.47 Å². The number of allylic oxidation sites excluding steroid dienone is 1. The van der Waals surface area contributed by atoms with E-state index in [0.29, 0.717) is 36.0 Å². The van der Waals surface area contributed by atoms with Gasteiger partial charge in [-0.1, -0.05) is 35.9 Å². The Hall–Kier alpha value is -3.03. The van der Waals surface area contributed by atoms with Gasteiger partial charge in [-0.3, -0.25) is 14.5 Å². The number of aryl methyl sites for hydroxylation is 1. The molecule has 1 heterocycles. The number of benzene rings is 2. The molecule has 2 aromatic carbocycles. The summed E-state index contributed by atoms with van der Waals surface area (Å²) in [6.45, 7) is 6.82. The van der Waals surface area contributed by atoms with Gasteiger partial charge in [-0.15, -0.1) is 6.58 Å². The van der Waals surface area contributed by atoms with Crippen LogP contribution in [0.25, 0.3) is 6.08 Å². The summed E-state index contributed by atoms with van der Waals surface area (Å²) >= 11 is 0.923. The smallest absolute Gasteiger partial charge is 0.293 e. The minimum atomic E-state index is -0.319. The lowest BCUT2D eigenvalue weighted by molar-refractivity contribution is -0.123. The van der Waals surface area contributed by atoms with E-state index < -0.39 is 0 Å². The first-order valence-electron chi connectivity index (χ1n) is 10.2. The van der Waals surface area contributed by atoms with Crippen molar-refractivity contribution >= 4 is 29.0 Å². The lowest BCUT2D eigenvalue weighted by atomic mass is 10.0. The molecular formula is C25H27NO5S. The van der Waals surface area contributed by atoms with Crippen LogP contribution in [0.15, 0.2) is 54.0 Å². The number of thioether (sulfide) groups is 1. The number of hydrogen-bond acceptors (Lipinski definition) is 6. The van der Waals surface area contributed by atoms with Crippen LogP contribution in [0.1, 0.15) is 22.3 Å². The molecule has 0 unspecified atom stereocenters. The molecule has 3 rings (SSSR count). The van der Waals surface area contributed by atoms with Crippen LogP contribution in [0.2, 0.25) is 0 Å². The molecule has 6 nitrogen and oxygen atoms in total. The van der Waals surface area contributed by atoms with E-state index in [9.17, 15) is 9.59 Å². The second-order valence-electron chi connectivity index (χ2n) is 7.30. The van der Waals surface area contributed by atoms with Crippen molar-refractivity contribution in [3.63, 3.8) is 0 Å². The molecule has 0 spiro atoms. The topological polar surface area (TPSA) is 65.1 Å². The third-order valence-corrected chi connectivity index (χ3v) is 5.84. The molecule has 168 valence electrons. The van der Waals surface area contributed by atoms with E-state index in [4.69, 9.17) is 14.2 Å². The number of ether oxygens (including phenoxy) is 3. The third-order valence-electron chi connectivity index (χ3n) is 4.93. The summed E-state index contributed by atoms with van der Waals surface area (Å²) in [6.07, 6.45) is 4.06. The zero-order valence-corrected chi connectivity index (χ0v) is 19.4. The summed E-state index contributed by atoms with van der Waals surface area (Å²) in [4.78, 5) is 26.4. The number of carbonyl (C=O) groups is 2. The fraction of sp³-hybridized carbons (Fsp3) is 0.280. The van der Waals surface area contributed by atoms with Gasteiger partial charge in [0, 0.05) is 12.7 Å². The summed E-state index contributed by atoms with van der Waals surface area (Å²) < 4.78 is 16.7. The van der Waals surface area contributed by atoms with E-state index in [1.54, 1.807) is 25.3 Å². The molecule has 1 aliphatic heterocycles. The molecule has 0 bridgehead atoms. The summed E-state index contributed by atoms with van der Waals surface area (Å²) in [6, 6.07) is 11.9. The van der Waals surface area contributed by atoms with Crippen LogP contribution in [0, 0.1) is 6.92 Å². The maximum Gasteiger partial charge on any atom is 0.293 e. The van der Waals surface area contributed by atoms with E-state index in [1.807, 2.05) is 37.3 Å². The summed E-state index contributed by atoms with van der Waals surface area (Å²) in [5, 5.41) is -0.297. The Kier molecular flexibility index (Phi) is 8.14. The van der Waals surface area contributed by atoms with Gasteiger partial charge < -0.3 is 14.2 Å². The molecule has 0 radical (unpaired) electrons. The Morgan fingerprint density at radius 2 is 1.88 bits per heavy atom. The van der Waals surface area contributed by atoms with Crippen LogP contribution in [-0.4, -0.2) is 43.4 Å². The van der Waals surface area contributed by atoms with Crippen molar-refractivity contribution < 1.29 is 23.8 Å². The van der Waals surface area contributed by atoms with E-state index in [2.05, 4.69) is 6.58 Å².